The van der Waals surface area contributed by atoms with Crippen LogP contribution in [0.2, 0.25) is 0 Å². The smallest absolute Gasteiger partial charge is 0.336 e. The molecule has 1 unspecified atom stereocenters. The van der Waals surface area contributed by atoms with Crippen LogP contribution in [0.5, 0.6) is 0 Å². The Kier molecular flexibility index (Phi) is 4.53. The van der Waals surface area contributed by atoms with Crippen LogP contribution in [-0.4, -0.2) is 41.7 Å². The molecule has 17 heavy (non-hydrogen) atoms. The van der Waals surface area contributed by atoms with Gasteiger partial charge in [0, 0.05) is 6.20 Å². The van der Waals surface area contributed by atoms with E-state index in [1.807, 2.05) is 0 Å². The van der Waals surface area contributed by atoms with Crippen molar-refractivity contribution in [3.05, 3.63) is 29.8 Å². The zero-order valence-electron chi connectivity index (χ0n) is 9.01. The first-order valence-electron chi connectivity index (χ1n) is 4.69. The molecular weight excluding hydrogens is 231 g/mol. The van der Waals surface area contributed by atoms with Crippen molar-refractivity contribution < 1.29 is 23.8 Å². The lowest BCUT2D eigenvalue weighted by molar-refractivity contribution is -0.149. The number of nitrogens with one attached hydrogen (secondary N) is 1. The molecule has 6 nitrogen and oxygen atoms in total. The van der Waals surface area contributed by atoms with Gasteiger partial charge in [-0.1, -0.05) is 0 Å². The van der Waals surface area contributed by atoms with Gasteiger partial charge in [-0.05, 0) is 6.07 Å². The number of aliphatic hydroxyl groups is 1. The van der Waals surface area contributed by atoms with E-state index in [1.54, 1.807) is 0 Å². The summed E-state index contributed by atoms with van der Waals surface area (Å²) in [6.07, 6.45) is 0.675. The summed E-state index contributed by atoms with van der Waals surface area (Å²) in [6.45, 7) is -0.317. The van der Waals surface area contributed by atoms with Gasteiger partial charge in [-0.15, -0.1) is 0 Å². The van der Waals surface area contributed by atoms with Gasteiger partial charge in [0.1, 0.15) is 5.82 Å². The summed E-state index contributed by atoms with van der Waals surface area (Å²) in [5.74, 6) is -2.14. The first-order valence-corrected chi connectivity index (χ1v) is 4.69. The molecule has 1 amide bonds. The maximum Gasteiger partial charge on any atom is 0.336 e. The van der Waals surface area contributed by atoms with Crippen LogP contribution in [0.3, 0.4) is 0 Å². The molecule has 0 aromatic carbocycles. The Labute approximate surface area is 96.4 Å². The molecule has 0 radical (unpaired) electrons. The van der Waals surface area contributed by atoms with Gasteiger partial charge in [0.25, 0.3) is 5.91 Å². The molecule has 0 aliphatic carbocycles. The van der Waals surface area contributed by atoms with Gasteiger partial charge in [-0.25, -0.2) is 9.18 Å². The van der Waals surface area contributed by atoms with Crippen molar-refractivity contribution in [2.45, 2.75) is 6.10 Å². The average Bonchev–Trinajstić information content (AvgIpc) is 2.34. The van der Waals surface area contributed by atoms with Crippen LogP contribution in [0.1, 0.15) is 10.4 Å². The summed E-state index contributed by atoms with van der Waals surface area (Å²) in [5, 5.41) is 11.4. The highest BCUT2D eigenvalue weighted by Gasteiger charge is 2.16. The lowest BCUT2D eigenvalue weighted by Gasteiger charge is -2.09. The Morgan fingerprint density at radius 2 is 2.29 bits per heavy atom. The van der Waals surface area contributed by atoms with Gasteiger partial charge in [0.15, 0.2) is 6.10 Å². The van der Waals surface area contributed by atoms with Crippen molar-refractivity contribution in [1.29, 1.82) is 0 Å². The Balaban J connectivity index is 2.53. The molecule has 1 atom stereocenters. The van der Waals surface area contributed by atoms with Crippen molar-refractivity contribution >= 4 is 11.9 Å². The van der Waals surface area contributed by atoms with Crippen LogP contribution in [0.25, 0.3) is 0 Å². The summed E-state index contributed by atoms with van der Waals surface area (Å²) in [4.78, 5) is 25.7. The maximum atomic E-state index is 12.7. The van der Waals surface area contributed by atoms with Crippen LogP contribution in [0, 0.1) is 5.82 Å². The molecule has 0 saturated heterocycles. The topological polar surface area (TPSA) is 88.5 Å². The summed E-state index contributed by atoms with van der Waals surface area (Å²) >= 11 is 0. The van der Waals surface area contributed by atoms with Gasteiger partial charge < -0.3 is 15.2 Å². The van der Waals surface area contributed by atoms with Crippen LogP contribution in [0.4, 0.5) is 4.39 Å². The third-order valence-electron chi connectivity index (χ3n) is 1.90. The van der Waals surface area contributed by atoms with Crippen molar-refractivity contribution in [3.63, 3.8) is 0 Å². The lowest BCUT2D eigenvalue weighted by Crippen LogP contribution is -2.37. The molecule has 0 bridgehead atoms. The molecule has 2 N–H and O–H groups in total. The van der Waals surface area contributed by atoms with E-state index in [1.165, 1.54) is 6.20 Å². The monoisotopic (exact) mass is 242 g/mol. The number of hydrogen-bond donors (Lipinski definition) is 2. The van der Waals surface area contributed by atoms with E-state index in [4.69, 9.17) is 0 Å². The fourth-order valence-corrected chi connectivity index (χ4v) is 1.05. The van der Waals surface area contributed by atoms with Crippen LogP contribution in [-0.2, 0) is 9.53 Å². The standard InChI is InChI=1S/C10H11FN2O4/c1-17-10(16)8(14)5-13-9(15)6-2-7(11)4-12-3-6/h2-4,8,14H,5H2,1H3,(H,13,15). The molecule has 1 aromatic heterocycles. The summed E-state index contributed by atoms with van der Waals surface area (Å²) < 4.78 is 17.0. The first-order chi connectivity index (χ1) is 8.04. The van der Waals surface area contributed by atoms with Gasteiger partial charge in [-0.2, -0.15) is 0 Å². The van der Waals surface area contributed by atoms with E-state index in [0.29, 0.717) is 0 Å². The number of carbonyl (C=O) groups is 2. The zero-order valence-corrected chi connectivity index (χ0v) is 9.01. The molecule has 0 aliphatic heterocycles. The van der Waals surface area contributed by atoms with Crippen molar-refractivity contribution in [2.24, 2.45) is 0 Å². The van der Waals surface area contributed by atoms with Crippen LogP contribution < -0.4 is 5.32 Å². The molecule has 0 spiro atoms. The number of methoxy groups -OCH3 is 1. The molecule has 1 heterocycles. The Morgan fingerprint density at radius 1 is 1.59 bits per heavy atom. The molecule has 0 fully saturated rings. The molecule has 7 heteroatoms. The number of aromatic nitrogens is 1. The van der Waals surface area contributed by atoms with E-state index in [-0.39, 0.29) is 12.1 Å². The number of nitrogens with zero attached hydrogens (tertiary/aromatic N) is 1. The van der Waals surface area contributed by atoms with Gasteiger partial charge in [0.2, 0.25) is 0 Å². The number of ether oxygens (including phenoxy) is 1. The highest BCUT2D eigenvalue weighted by Crippen LogP contribution is 2.00. The minimum Gasteiger partial charge on any atom is -0.467 e. The number of hydrogen-bond acceptors (Lipinski definition) is 5. The third kappa shape index (κ3) is 3.80. The fraction of sp³-hybridized carbons (Fsp3) is 0.300. The van der Waals surface area contributed by atoms with E-state index in [9.17, 15) is 19.1 Å². The second-order valence-electron chi connectivity index (χ2n) is 3.14. The van der Waals surface area contributed by atoms with Crippen molar-refractivity contribution in [1.82, 2.24) is 10.3 Å². The number of amides is 1. The summed E-state index contributed by atoms with van der Waals surface area (Å²) in [5.41, 5.74) is 0.00191. The highest BCUT2D eigenvalue weighted by molar-refractivity contribution is 5.94. The molecule has 1 rings (SSSR count). The zero-order chi connectivity index (χ0) is 12.8. The minimum atomic E-state index is -1.45. The molecule has 1 aromatic rings. The maximum absolute atomic E-state index is 12.7. The number of esters is 1. The second-order valence-corrected chi connectivity index (χ2v) is 3.14. The van der Waals surface area contributed by atoms with E-state index in [2.05, 4.69) is 15.0 Å². The normalized spacial score (nSPS) is 11.7. The minimum absolute atomic E-state index is 0.00191. The summed E-state index contributed by atoms with van der Waals surface area (Å²) in [6, 6.07) is 0.993. The van der Waals surface area contributed by atoms with E-state index >= 15 is 0 Å². The Morgan fingerprint density at radius 3 is 2.88 bits per heavy atom. The first kappa shape index (κ1) is 13.0. The SMILES string of the molecule is COC(=O)C(O)CNC(=O)c1cncc(F)c1. The number of pyridine rings is 1. The quantitative estimate of drug-likeness (QED) is 0.694. The van der Waals surface area contributed by atoms with Crippen molar-refractivity contribution in [3.8, 4) is 0 Å². The van der Waals surface area contributed by atoms with Crippen LogP contribution in [0.15, 0.2) is 18.5 Å². The lowest BCUT2D eigenvalue weighted by atomic mass is 10.2. The molecule has 0 aliphatic rings. The van der Waals surface area contributed by atoms with E-state index in [0.717, 1.165) is 19.4 Å². The largest absolute Gasteiger partial charge is 0.467 e. The number of aliphatic hydroxyl groups excluding tert-OH is 1. The number of halogens is 1. The predicted molar refractivity (Wildman–Crippen MR) is 54.6 cm³/mol. The molecule has 0 saturated carbocycles. The fourth-order valence-electron chi connectivity index (χ4n) is 1.05. The van der Waals surface area contributed by atoms with E-state index < -0.39 is 23.8 Å². The Hall–Kier alpha value is -2.02. The third-order valence-corrected chi connectivity index (χ3v) is 1.90. The number of carbonyl (C=O) groups excluding carboxylic acids is 2. The molecule has 92 valence electrons. The highest BCUT2D eigenvalue weighted by atomic mass is 19.1. The van der Waals surface area contributed by atoms with Crippen molar-refractivity contribution in [2.75, 3.05) is 13.7 Å². The summed E-state index contributed by atoms with van der Waals surface area (Å²) in [7, 11) is 1.11. The van der Waals surface area contributed by atoms with Gasteiger partial charge in [-0.3, -0.25) is 9.78 Å². The van der Waals surface area contributed by atoms with Gasteiger partial charge >= 0.3 is 5.97 Å². The van der Waals surface area contributed by atoms with Crippen LogP contribution >= 0.6 is 0 Å². The average molecular weight is 242 g/mol. The van der Waals surface area contributed by atoms with Gasteiger partial charge in [0.05, 0.1) is 25.4 Å². The Bertz CT molecular complexity index is 425. The predicted octanol–water partition coefficient (Wildman–Crippen LogP) is -0.516. The molecular formula is C10H11FN2O4. The second kappa shape index (κ2) is 5.90. The number of rotatable bonds is 4.